The van der Waals surface area contributed by atoms with Crippen molar-refractivity contribution in [3.05, 3.63) is 96.9 Å². The summed E-state index contributed by atoms with van der Waals surface area (Å²) in [6.45, 7) is 16.9. The first-order valence-corrected chi connectivity index (χ1v) is 10.4. The van der Waals surface area contributed by atoms with Gasteiger partial charge in [-0.05, 0) is 48.3 Å². The van der Waals surface area contributed by atoms with Crippen LogP contribution < -0.4 is 9.80 Å². The molecule has 2 aliphatic rings. The summed E-state index contributed by atoms with van der Waals surface area (Å²) in [5.41, 5.74) is 6.22. The molecule has 0 amide bonds. The Morgan fingerprint density at radius 2 is 1.43 bits per heavy atom. The fourth-order valence-corrected chi connectivity index (χ4v) is 4.78. The Hall–Kier alpha value is -2.74. The Labute approximate surface area is 170 Å². The average molecular weight is 373 g/mol. The van der Waals surface area contributed by atoms with Crippen LogP contribution in [0.3, 0.4) is 0 Å². The number of hydrogen-bond acceptors (Lipinski definition) is 2. The van der Waals surface area contributed by atoms with E-state index in [0.717, 1.165) is 17.8 Å². The van der Waals surface area contributed by atoms with Crippen LogP contribution in [0.5, 0.6) is 0 Å². The highest BCUT2D eigenvalue weighted by atomic mass is 15.4. The first-order chi connectivity index (χ1) is 13.7. The van der Waals surface area contributed by atoms with Gasteiger partial charge in [-0.1, -0.05) is 77.3 Å². The number of allylic oxidation sites excluding steroid dienone is 2. The first kappa shape index (κ1) is 20.0. The van der Waals surface area contributed by atoms with Gasteiger partial charge in [0.15, 0.2) is 0 Å². The van der Waals surface area contributed by atoms with Crippen LogP contribution >= 0.6 is 0 Å². The Morgan fingerprint density at radius 3 is 2.04 bits per heavy atom. The number of para-hydroxylation sites is 2. The van der Waals surface area contributed by atoms with Gasteiger partial charge >= 0.3 is 0 Å². The fourth-order valence-electron chi connectivity index (χ4n) is 4.78. The smallest absolute Gasteiger partial charge is 0.114 e. The third kappa shape index (κ3) is 2.97. The van der Waals surface area contributed by atoms with Gasteiger partial charge in [0.2, 0.25) is 0 Å². The Morgan fingerprint density at radius 1 is 0.857 bits per heavy atom. The van der Waals surface area contributed by atoms with Crippen LogP contribution in [0.4, 0.5) is 11.4 Å². The molecular formula is C26H32N2. The average Bonchev–Trinajstić information content (AvgIpc) is 3.11. The van der Waals surface area contributed by atoms with Gasteiger partial charge in [-0.2, -0.15) is 0 Å². The van der Waals surface area contributed by atoms with Crippen molar-refractivity contribution in [1.29, 1.82) is 0 Å². The van der Waals surface area contributed by atoms with E-state index in [0.29, 0.717) is 11.8 Å². The summed E-state index contributed by atoms with van der Waals surface area (Å²) in [6.07, 6.45) is 5.32. The lowest BCUT2D eigenvalue weighted by Crippen LogP contribution is -2.50. The van der Waals surface area contributed by atoms with Crippen molar-refractivity contribution in [2.45, 2.75) is 46.2 Å². The Bertz CT molecular complexity index is 865. The van der Waals surface area contributed by atoms with Gasteiger partial charge in [-0.25, -0.2) is 0 Å². The second kappa shape index (κ2) is 8.52. The minimum atomic E-state index is 0.234. The lowest BCUT2D eigenvalue weighted by Gasteiger charge is -2.46. The van der Waals surface area contributed by atoms with Gasteiger partial charge in [0.1, 0.15) is 6.17 Å². The van der Waals surface area contributed by atoms with Crippen molar-refractivity contribution in [3.63, 3.8) is 0 Å². The molecule has 146 valence electrons. The number of hydrogen-bond donors (Lipinski definition) is 0. The van der Waals surface area contributed by atoms with Crippen molar-refractivity contribution < 1.29 is 0 Å². The Kier molecular flexibility index (Phi) is 6.08. The normalized spacial score (nSPS) is 22.8. The molecule has 0 fully saturated rings. The predicted octanol–water partition coefficient (Wildman–Crippen LogP) is 7.09. The lowest BCUT2D eigenvalue weighted by molar-refractivity contribution is 0.355. The molecule has 2 nitrogen and oxygen atoms in total. The standard InChI is InChI=1S/C24H26N2.C2H6/c1-5-19-17(4)24-25(18-13-9-8-10-14-18)21(6-2)22(7-3)26(24)23-16-12-11-15-20(19)23;1-2/h6-17,19,24H,2-3,5H2,1,4H3;1-2H3. The molecule has 0 N–H and O–H groups in total. The molecule has 0 saturated heterocycles. The molecule has 0 aliphatic carbocycles. The van der Waals surface area contributed by atoms with Crippen molar-refractivity contribution in [2.75, 3.05) is 9.80 Å². The van der Waals surface area contributed by atoms with Crippen LogP contribution in [0.1, 0.15) is 45.6 Å². The van der Waals surface area contributed by atoms with E-state index in [9.17, 15) is 0 Å². The van der Waals surface area contributed by atoms with Crippen LogP contribution in [-0.4, -0.2) is 6.17 Å². The third-order valence-electron chi connectivity index (χ3n) is 5.87. The van der Waals surface area contributed by atoms with Crippen LogP contribution in [-0.2, 0) is 0 Å². The number of rotatable bonds is 4. The molecule has 0 aromatic heterocycles. The SMILES string of the molecule is C=CC1=C(C=C)N2c3ccccc3C(CC)C(C)C2N1c1ccccc1.CC. The van der Waals surface area contributed by atoms with Gasteiger partial charge in [0, 0.05) is 17.3 Å². The van der Waals surface area contributed by atoms with Crippen LogP contribution in [0.15, 0.2) is 91.3 Å². The van der Waals surface area contributed by atoms with Crippen molar-refractivity contribution in [1.82, 2.24) is 0 Å². The summed E-state index contributed by atoms with van der Waals surface area (Å²) < 4.78 is 0. The quantitative estimate of drug-likeness (QED) is 0.565. The molecule has 0 spiro atoms. The second-order valence-electron chi connectivity index (χ2n) is 7.10. The highest BCUT2D eigenvalue weighted by Gasteiger charge is 2.47. The molecule has 4 rings (SSSR count). The second-order valence-corrected chi connectivity index (χ2v) is 7.10. The monoisotopic (exact) mass is 372 g/mol. The van der Waals surface area contributed by atoms with E-state index in [1.807, 2.05) is 26.0 Å². The molecule has 2 aliphatic heterocycles. The van der Waals surface area contributed by atoms with E-state index in [-0.39, 0.29) is 6.17 Å². The predicted molar refractivity (Wildman–Crippen MR) is 123 cm³/mol. The molecular weight excluding hydrogens is 340 g/mol. The van der Waals surface area contributed by atoms with Crippen LogP contribution in [0, 0.1) is 5.92 Å². The van der Waals surface area contributed by atoms with Crippen molar-refractivity contribution in [2.24, 2.45) is 5.92 Å². The lowest BCUT2D eigenvalue weighted by atomic mass is 9.78. The van der Waals surface area contributed by atoms with E-state index in [2.05, 4.69) is 91.4 Å². The van der Waals surface area contributed by atoms with E-state index >= 15 is 0 Å². The van der Waals surface area contributed by atoms with Gasteiger partial charge < -0.3 is 9.80 Å². The zero-order valence-corrected chi connectivity index (χ0v) is 17.6. The number of fused-ring (bicyclic) bond motifs is 3. The maximum Gasteiger partial charge on any atom is 0.114 e. The van der Waals surface area contributed by atoms with E-state index < -0.39 is 0 Å². The summed E-state index contributed by atoms with van der Waals surface area (Å²) in [4.78, 5) is 4.90. The molecule has 0 saturated carbocycles. The molecule has 0 radical (unpaired) electrons. The molecule has 2 heterocycles. The molecule has 2 heteroatoms. The fraction of sp³-hybridized carbons (Fsp3) is 0.308. The van der Waals surface area contributed by atoms with Crippen LogP contribution in [0.2, 0.25) is 0 Å². The maximum absolute atomic E-state index is 4.12. The summed E-state index contributed by atoms with van der Waals surface area (Å²) in [7, 11) is 0. The first-order valence-electron chi connectivity index (χ1n) is 10.4. The molecule has 3 atom stereocenters. The van der Waals surface area contributed by atoms with Gasteiger partial charge in [-0.3, -0.25) is 0 Å². The highest BCUT2D eigenvalue weighted by molar-refractivity contribution is 5.74. The number of nitrogens with zero attached hydrogens (tertiary/aromatic N) is 2. The highest BCUT2D eigenvalue weighted by Crippen LogP contribution is 2.51. The van der Waals surface area contributed by atoms with Crippen molar-refractivity contribution in [3.8, 4) is 0 Å². The molecule has 3 unspecified atom stereocenters. The van der Waals surface area contributed by atoms with E-state index in [4.69, 9.17) is 0 Å². The minimum absolute atomic E-state index is 0.234. The van der Waals surface area contributed by atoms with Crippen molar-refractivity contribution >= 4 is 11.4 Å². The van der Waals surface area contributed by atoms with Crippen LogP contribution in [0.25, 0.3) is 0 Å². The molecule has 0 bridgehead atoms. The number of anilines is 2. The van der Waals surface area contributed by atoms with E-state index in [1.165, 1.54) is 16.9 Å². The number of benzene rings is 2. The summed E-state index contributed by atoms with van der Waals surface area (Å²) in [5.74, 6) is 1.01. The molecule has 2 aromatic rings. The van der Waals surface area contributed by atoms with Gasteiger partial charge in [0.05, 0.1) is 11.4 Å². The summed E-state index contributed by atoms with van der Waals surface area (Å²) in [6, 6.07) is 19.5. The topological polar surface area (TPSA) is 6.48 Å². The maximum atomic E-state index is 4.12. The summed E-state index contributed by atoms with van der Waals surface area (Å²) in [5, 5.41) is 0. The zero-order valence-electron chi connectivity index (χ0n) is 17.6. The molecule has 28 heavy (non-hydrogen) atoms. The summed E-state index contributed by atoms with van der Waals surface area (Å²) >= 11 is 0. The largest absolute Gasteiger partial charge is 0.318 e. The van der Waals surface area contributed by atoms with E-state index in [1.54, 1.807) is 0 Å². The zero-order chi connectivity index (χ0) is 20.3. The van der Waals surface area contributed by atoms with Gasteiger partial charge in [0.25, 0.3) is 0 Å². The molecule has 2 aromatic carbocycles. The third-order valence-corrected chi connectivity index (χ3v) is 5.87. The van der Waals surface area contributed by atoms with Gasteiger partial charge in [-0.15, -0.1) is 0 Å². The Balaban J connectivity index is 0.00000109. The minimum Gasteiger partial charge on any atom is -0.318 e.